The molecule has 1 saturated heterocycles. The van der Waals surface area contributed by atoms with E-state index in [1.54, 1.807) is 0 Å². The molecule has 0 aromatic rings. The van der Waals surface area contributed by atoms with Gasteiger partial charge in [-0.3, -0.25) is 4.79 Å². The topological polar surface area (TPSA) is 32.3 Å². The molecule has 0 saturated carbocycles. The van der Waals surface area contributed by atoms with Gasteiger partial charge in [-0.25, -0.2) is 0 Å². The molecule has 0 aliphatic carbocycles. The zero-order valence-corrected chi connectivity index (χ0v) is 10.1. The van der Waals surface area contributed by atoms with Crippen LogP contribution >= 0.6 is 0 Å². The van der Waals surface area contributed by atoms with Crippen LogP contribution in [0.4, 0.5) is 0 Å². The summed E-state index contributed by atoms with van der Waals surface area (Å²) in [4.78, 5) is 13.7. The average molecular weight is 212 g/mol. The SMILES string of the molecule is CCCN(CC1CCCNC1)C(=O)CC. The van der Waals surface area contributed by atoms with Crippen LogP contribution in [0.2, 0.25) is 0 Å². The van der Waals surface area contributed by atoms with E-state index in [2.05, 4.69) is 12.2 Å². The predicted octanol–water partition coefficient (Wildman–Crippen LogP) is 1.63. The molecule has 1 atom stereocenters. The number of carbonyl (C=O) groups excluding carboxylic acids is 1. The number of carbonyl (C=O) groups is 1. The van der Waals surface area contributed by atoms with Crippen LogP contribution < -0.4 is 5.32 Å². The summed E-state index contributed by atoms with van der Waals surface area (Å²) in [6, 6.07) is 0. The van der Waals surface area contributed by atoms with Crippen molar-refractivity contribution in [2.45, 2.75) is 39.5 Å². The maximum Gasteiger partial charge on any atom is 0.222 e. The first-order valence-corrected chi connectivity index (χ1v) is 6.26. The van der Waals surface area contributed by atoms with Crippen molar-refractivity contribution in [1.82, 2.24) is 10.2 Å². The molecule has 15 heavy (non-hydrogen) atoms. The molecule has 1 aliphatic rings. The lowest BCUT2D eigenvalue weighted by molar-refractivity contribution is -0.131. The number of amides is 1. The van der Waals surface area contributed by atoms with Gasteiger partial charge in [-0.2, -0.15) is 0 Å². The Bertz CT molecular complexity index is 188. The molecule has 1 unspecified atom stereocenters. The highest BCUT2D eigenvalue weighted by Gasteiger charge is 2.18. The third kappa shape index (κ3) is 4.20. The third-order valence-electron chi connectivity index (χ3n) is 3.03. The fourth-order valence-corrected chi connectivity index (χ4v) is 2.20. The first kappa shape index (κ1) is 12.5. The highest BCUT2D eigenvalue weighted by atomic mass is 16.2. The summed E-state index contributed by atoms with van der Waals surface area (Å²) in [5.41, 5.74) is 0. The molecule has 1 heterocycles. The highest BCUT2D eigenvalue weighted by molar-refractivity contribution is 5.75. The lowest BCUT2D eigenvalue weighted by Gasteiger charge is -2.30. The summed E-state index contributed by atoms with van der Waals surface area (Å²) in [6.45, 7) is 8.18. The molecule has 1 amide bonds. The van der Waals surface area contributed by atoms with Gasteiger partial charge in [0.05, 0.1) is 0 Å². The lowest BCUT2D eigenvalue weighted by atomic mass is 9.99. The minimum atomic E-state index is 0.308. The molecule has 3 heteroatoms. The molecular weight excluding hydrogens is 188 g/mol. The first-order valence-electron chi connectivity index (χ1n) is 6.26. The van der Waals surface area contributed by atoms with E-state index in [1.165, 1.54) is 12.8 Å². The minimum absolute atomic E-state index is 0.308. The molecule has 0 radical (unpaired) electrons. The fraction of sp³-hybridized carbons (Fsp3) is 0.917. The Kier molecular flexibility index (Phi) is 5.69. The number of nitrogens with one attached hydrogen (secondary N) is 1. The van der Waals surface area contributed by atoms with Gasteiger partial charge in [0.2, 0.25) is 5.91 Å². The fourth-order valence-electron chi connectivity index (χ4n) is 2.20. The van der Waals surface area contributed by atoms with Crippen LogP contribution in [0.5, 0.6) is 0 Å². The van der Waals surface area contributed by atoms with Gasteiger partial charge in [0.25, 0.3) is 0 Å². The second kappa shape index (κ2) is 6.83. The van der Waals surface area contributed by atoms with Gasteiger partial charge in [-0.15, -0.1) is 0 Å². The van der Waals surface area contributed by atoms with Crippen molar-refractivity contribution in [2.75, 3.05) is 26.2 Å². The van der Waals surface area contributed by atoms with Crippen LogP contribution in [0.15, 0.2) is 0 Å². The minimum Gasteiger partial charge on any atom is -0.342 e. The molecule has 0 spiro atoms. The summed E-state index contributed by atoms with van der Waals surface area (Å²) in [7, 11) is 0. The van der Waals surface area contributed by atoms with Gasteiger partial charge < -0.3 is 10.2 Å². The zero-order valence-electron chi connectivity index (χ0n) is 10.1. The van der Waals surface area contributed by atoms with E-state index in [0.717, 1.165) is 32.6 Å². The summed E-state index contributed by atoms with van der Waals surface area (Å²) in [5, 5.41) is 3.40. The molecule has 88 valence electrons. The second-order valence-corrected chi connectivity index (χ2v) is 4.41. The lowest BCUT2D eigenvalue weighted by Crippen LogP contribution is -2.41. The van der Waals surface area contributed by atoms with E-state index in [1.807, 2.05) is 11.8 Å². The Balaban J connectivity index is 2.38. The van der Waals surface area contributed by atoms with Crippen LogP contribution in [-0.2, 0) is 4.79 Å². The molecule has 1 fully saturated rings. The summed E-state index contributed by atoms with van der Waals surface area (Å²) >= 11 is 0. The number of piperidine rings is 1. The molecular formula is C12H24N2O. The monoisotopic (exact) mass is 212 g/mol. The average Bonchev–Trinajstić information content (AvgIpc) is 2.29. The molecule has 3 nitrogen and oxygen atoms in total. The molecule has 1 rings (SSSR count). The predicted molar refractivity (Wildman–Crippen MR) is 62.8 cm³/mol. The Morgan fingerprint density at radius 1 is 1.47 bits per heavy atom. The summed E-state index contributed by atoms with van der Waals surface area (Å²) in [6.07, 6.45) is 4.22. The molecule has 0 aromatic carbocycles. The van der Waals surface area contributed by atoms with Crippen molar-refractivity contribution in [2.24, 2.45) is 5.92 Å². The summed E-state index contributed by atoms with van der Waals surface area (Å²) in [5.74, 6) is 0.975. The standard InChI is InChI=1S/C12H24N2O/c1-3-8-14(12(15)4-2)10-11-6-5-7-13-9-11/h11,13H,3-10H2,1-2H3. The highest BCUT2D eigenvalue weighted by Crippen LogP contribution is 2.12. The van der Waals surface area contributed by atoms with E-state index in [4.69, 9.17) is 0 Å². The van der Waals surface area contributed by atoms with Crippen molar-refractivity contribution >= 4 is 5.91 Å². The smallest absolute Gasteiger partial charge is 0.222 e. The van der Waals surface area contributed by atoms with Crippen molar-refractivity contribution in [1.29, 1.82) is 0 Å². The van der Waals surface area contributed by atoms with Crippen molar-refractivity contribution in [3.8, 4) is 0 Å². The summed E-state index contributed by atoms with van der Waals surface area (Å²) < 4.78 is 0. The number of hydrogen-bond donors (Lipinski definition) is 1. The van der Waals surface area contributed by atoms with Crippen molar-refractivity contribution < 1.29 is 4.79 Å². The van der Waals surface area contributed by atoms with Gasteiger partial charge in [-0.1, -0.05) is 13.8 Å². The molecule has 1 aliphatic heterocycles. The van der Waals surface area contributed by atoms with Crippen molar-refractivity contribution in [3.63, 3.8) is 0 Å². The van der Waals surface area contributed by atoms with Crippen LogP contribution in [0, 0.1) is 5.92 Å². The number of rotatable bonds is 5. The molecule has 0 aromatic heterocycles. The van der Waals surface area contributed by atoms with E-state index in [9.17, 15) is 4.79 Å². The Morgan fingerprint density at radius 2 is 2.27 bits per heavy atom. The normalized spacial score (nSPS) is 21.3. The van der Waals surface area contributed by atoms with Crippen molar-refractivity contribution in [3.05, 3.63) is 0 Å². The van der Waals surface area contributed by atoms with Gasteiger partial charge in [0.1, 0.15) is 0 Å². The third-order valence-corrected chi connectivity index (χ3v) is 3.03. The Labute approximate surface area is 93.2 Å². The maximum absolute atomic E-state index is 11.7. The van der Waals surface area contributed by atoms with E-state index in [-0.39, 0.29) is 0 Å². The first-order chi connectivity index (χ1) is 7.27. The van der Waals surface area contributed by atoms with E-state index in [0.29, 0.717) is 18.2 Å². The van der Waals surface area contributed by atoms with Crippen LogP contribution in [0.1, 0.15) is 39.5 Å². The quantitative estimate of drug-likeness (QED) is 0.751. The van der Waals surface area contributed by atoms with Gasteiger partial charge in [-0.05, 0) is 38.3 Å². The van der Waals surface area contributed by atoms with Gasteiger partial charge in [0, 0.05) is 19.5 Å². The number of nitrogens with zero attached hydrogens (tertiary/aromatic N) is 1. The zero-order chi connectivity index (χ0) is 11.1. The van der Waals surface area contributed by atoms with Gasteiger partial charge in [0.15, 0.2) is 0 Å². The van der Waals surface area contributed by atoms with Gasteiger partial charge >= 0.3 is 0 Å². The second-order valence-electron chi connectivity index (χ2n) is 4.41. The largest absolute Gasteiger partial charge is 0.342 e. The van der Waals surface area contributed by atoms with Crippen LogP contribution in [0.3, 0.4) is 0 Å². The molecule has 0 bridgehead atoms. The van der Waals surface area contributed by atoms with E-state index < -0.39 is 0 Å². The number of hydrogen-bond acceptors (Lipinski definition) is 2. The van der Waals surface area contributed by atoms with Crippen LogP contribution in [-0.4, -0.2) is 37.0 Å². The Hall–Kier alpha value is -0.570. The van der Waals surface area contributed by atoms with E-state index >= 15 is 0 Å². The van der Waals surface area contributed by atoms with Crippen LogP contribution in [0.25, 0.3) is 0 Å². The maximum atomic E-state index is 11.7. The molecule has 1 N–H and O–H groups in total. The Morgan fingerprint density at radius 3 is 2.80 bits per heavy atom.